The molecule has 0 aromatic carbocycles. The van der Waals surface area contributed by atoms with E-state index in [2.05, 4.69) is 15.6 Å². The van der Waals surface area contributed by atoms with Crippen LogP contribution in [-0.2, 0) is 4.74 Å². The molecule has 6 nitrogen and oxygen atoms in total. The van der Waals surface area contributed by atoms with E-state index in [1.54, 1.807) is 12.5 Å². The van der Waals surface area contributed by atoms with Crippen LogP contribution in [0.3, 0.4) is 0 Å². The number of carbonyl (C=O) groups is 1. The first kappa shape index (κ1) is 14.2. The highest BCUT2D eigenvalue weighted by molar-refractivity contribution is 7.13. The van der Waals surface area contributed by atoms with Crippen molar-refractivity contribution in [1.29, 1.82) is 0 Å². The average molecular weight is 307 g/mol. The minimum Gasteiger partial charge on any atom is -0.459 e. The van der Waals surface area contributed by atoms with Gasteiger partial charge in [-0.25, -0.2) is 4.98 Å². The third-order valence-corrected chi connectivity index (χ3v) is 4.32. The van der Waals surface area contributed by atoms with E-state index in [-0.39, 0.29) is 18.1 Å². The van der Waals surface area contributed by atoms with Crippen LogP contribution in [-0.4, -0.2) is 43.2 Å². The second-order valence-corrected chi connectivity index (χ2v) is 5.82. The van der Waals surface area contributed by atoms with Crippen molar-refractivity contribution in [2.75, 3.05) is 20.2 Å². The maximum Gasteiger partial charge on any atom is 0.271 e. The Bertz CT molecular complexity index is 637. The topological polar surface area (TPSA) is 76.4 Å². The SMILES string of the molecule is CO[C@H]1CNC[C@H]1NC(=O)c1csc(-c2ccc(C)o2)n1. The summed E-state index contributed by atoms with van der Waals surface area (Å²) in [5.74, 6) is 1.33. The maximum atomic E-state index is 12.2. The summed E-state index contributed by atoms with van der Waals surface area (Å²) in [6.07, 6.45) is -0.000204. The number of methoxy groups -OCH3 is 1. The first-order chi connectivity index (χ1) is 10.2. The summed E-state index contributed by atoms with van der Waals surface area (Å²) in [6.45, 7) is 3.33. The van der Waals surface area contributed by atoms with Crippen molar-refractivity contribution in [3.8, 4) is 10.8 Å². The smallest absolute Gasteiger partial charge is 0.271 e. The van der Waals surface area contributed by atoms with Gasteiger partial charge >= 0.3 is 0 Å². The molecular weight excluding hydrogens is 290 g/mol. The number of rotatable bonds is 4. The molecule has 3 rings (SSSR count). The van der Waals surface area contributed by atoms with Gasteiger partial charge in [-0.3, -0.25) is 4.79 Å². The minimum absolute atomic E-state index is 0.000204. The van der Waals surface area contributed by atoms with Crippen molar-refractivity contribution in [1.82, 2.24) is 15.6 Å². The third kappa shape index (κ3) is 2.99. The summed E-state index contributed by atoms with van der Waals surface area (Å²) in [6, 6.07) is 3.71. The highest BCUT2D eigenvalue weighted by Crippen LogP contribution is 2.25. The summed E-state index contributed by atoms with van der Waals surface area (Å²) in [4.78, 5) is 16.6. The fraction of sp³-hybridized carbons (Fsp3) is 0.429. The molecule has 0 unspecified atom stereocenters. The molecule has 1 amide bonds. The number of thiazole rings is 1. The Morgan fingerprint density at radius 3 is 3.10 bits per heavy atom. The molecule has 2 aromatic heterocycles. The molecule has 21 heavy (non-hydrogen) atoms. The maximum absolute atomic E-state index is 12.2. The molecule has 0 spiro atoms. The van der Waals surface area contributed by atoms with Gasteiger partial charge in [-0.05, 0) is 19.1 Å². The van der Waals surface area contributed by atoms with E-state index in [0.717, 1.165) is 12.3 Å². The van der Waals surface area contributed by atoms with Crippen molar-refractivity contribution >= 4 is 17.2 Å². The number of hydrogen-bond acceptors (Lipinski definition) is 6. The van der Waals surface area contributed by atoms with E-state index in [4.69, 9.17) is 9.15 Å². The van der Waals surface area contributed by atoms with Gasteiger partial charge in [-0.1, -0.05) is 0 Å². The zero-order chi connectivity index (χ0) is 14.8. The fourth-order valence-corrected chi connectivity index (χ4v) is 3.09. The molecule has 1 aliphatic heterocycles. The number of furan rings is 1. The fourth-order valence-electron chi connectivity index (χ4n) is 2.33. The number of amides is 1. The lowest BCUT2D eigenvalue weighted by molar-refractivity contribution is 0.0777. The van der Waals surface area contributed by atoms with Gasteiger partial charge in [-0.2, -0.15) is 0 Å². The summed E-state index contributed by atoms with van der Waals surface area (Å²) >= 11 is 1.40. The normalized spacial score (nSPS) is 21.6. The molecule has 7 heteroatoms. The number of nitrogens with one attached hydrogen (secondary N) is 2. The van der Waals surface area contributed by atoms with Crippen molar-refractivity contribution < 1.29 is 13.9 Å². The standard InChI is InChI=1S/C14H17N3O3S/c1-8-3-4-11(20-8)14-17-10(7-21-14)13(18)16-9-5-15-6-12(9)19-2/h3-4,7,9,12,15H,5-6H2,1-2H3,(H,16,18)/t9-,12+/m1/s1. The molecule has 3 heterocycles. The Hall–Kier alpha value is -1.70. The zero-order valence-electron chi connectivity index (χ0n) is 11.9. The van der Waals surface area contributed by atoms with Crippen LogP contribution >= 0.6 is 11.3 Å². The molecule has 2 atom stereocenters. The molecule has 0 bridgehead atoms. The van der Waals surface area contributed by atoms with Crippen LogP contribution in [0.1, 0.15) is 16.2 Å². The summed E-state index contributed by atoms with van der Waals surface area (Å²) in [5.41, 5.74) is 0.408. The third-order valence-electron chi connectivity index (χ3n) is 3.47. The second-order valence-electron chi connectivity index (χ2n) is 4.96. The summed E-state index contributed by atoms with van der Waals surface area (Å²) in [5, 5.41) is 8.60. The van der Waals surface area contributed by atoms with Crippen LogP contribution in [0.2, 0.25) is 0 Å². The minimum atomic E-state index is -0.184. The van der Waals surface area contributed by atoms with Crippen LogP contribution in [0, 0.1) is 6.92 Å². The number of aromatic nitrogens is 1. The van der Waals surface area contributed by atoms with Gasteiger partial charge in [0.15, 0.2) is 10.8 Å². The number of aryl methyl sites for hydroxylation is 1. The first-order valence-corrected chi connectivity index (χ1v) is 7.62. The van der Waals surface area contributed by atoms with Gasteiger partial charge in [-0.15, -0.1) is 11.3 Å². The van der Waals surface area contributed by atoms with Gasteiger partial charge in [0.25, 0.3) is 5.91 Å². The first-order valence-electron chi connectivity index (χ1n) is 6.74. The molecule has 0 saturated carbocycles. The molecule has 0 aliphatic carbocycles. The van der Waals surface area contributed by atoms with Crippen LogP contribution in [0.5, 0.6) is 0 Å². The lowest BCUT2D eigenvalue weighted by Crippen LogP contribution is -2.43. The quantitative estimate of drug-likeness (QED) is 0.893. The monoisotopic (exact) mass is 307 g/mol. The van der Waals surface area contributed by atoms with Gasteiger partial charge in [0.05, 0.1) is 12.1 Å². The highest BCUT2D eigenvalue weighted by atomic mass is 32.1. The average Bonchev–Trinajstić information content (AvgIpc) is 3.17. The predicted molar refractivity (Wildman–Crippen MR) is 79.5 cm³/mol. The van der Waals surface area contributed by atoms with E-state index >= 15 is 0 Å². The van der Waals surface area contributed by atoms with Gasteiger partial charge < -0.3 is 19.8 Å². The van der Waals surface area contributed by atoms with Crippen LogP contribution in [0.25, 0.3) is 10.8 Å². The lowest BCUT2D eigenvalue weighted by atomic mass is 10.2. The molecule has 1 saturated heterocycles. The Kier molecular flexibility index (Phi) is 4.05. The molecule has 0 radical (unpaired) electrons. The Labute approximate surface area is 126 Å². The van der Waals surface area contributed by atoms with Gasteiger partial charge in [0.2, 0.25) is 0 Å². The van der Waals surface area contributed by atoms with Gasteiger partial charge in [0, 0.05) is 25.6 Å². The van der Waals surface area contributed by atoms with E-state index in [1.165, 1.54) is 11.3 Å². The van der Waals surface area contributed by atoms with Gasteiger partial charge in [0.1, 0.15) is 11.5 Å². The van der Waals surface area contributed by atoms with E-state index in [1.807, 2.05) is 19.1 Å². The molecule has 2 aromatic rings. The Balaban J connectivity index is 1.69. The van der Waals surface area contributed by atoms with Crippen LogP contribution in [0.4, 0.5) is 0 Å². The zero-order valence-corrected chi connectivity index (χ0v) is 12.7. The highest BCUT2D eigenvalue weighted by Gasteiger charge is 2.29. The molecule has 2 N–H and O–H groups in total. The number of hydrogen-bond donors (Lipinski definition) is 2. The molecule has 1 fully saturated rings. The van der Waals surface area contributed by atoms with Crippen LogP contribution in [0.15, 0.2) is 21.9 Å². The van der Waals surface area contributed by atoms with Crippen molar-refractivity contribution in [2.24, 2.45) is 0 Å². The molecule has 1 aliphatic rings. The van der Waals surface area contributed by atoms with Crippen molar-refractivity contribution in [3.05, 3.63) is 29.0 Å². The van der Waals surface area contributed by atoms with E-state index in [0.29, 0.717) is 23.0 Å². The molecule has 112 valence electrons. The van der Waals surface area contributed by atoms with E-state index < -0.39 is 0 Å². The number of carbonyl (C=O) groups excluding carboxylic acids is 1. The Morgan fingerprint density at radius 1 is 1.52 bits per heavy atom. The Morgan fingerprint density at radius 2 is 2.38 bits per heavy atom. The number of nitrogens with zero attached hydrogens (tertiary/aromatic N) is 1. The van der Waals surface area contributed by atoms with Crippen molar-refractivity contribution in [3.63, 3.8) is 0 Å². The lowest BCUT2D eigenvalue weighted by Gasteiger charge is -2.17. The van der Waals surface area contributed by atoms with Crippen molar-refractivity contribution in [2.45, 2.75) is 19.1 Å². The predicted octanol–water partition coefficient (Wildman–Crippen LogP) is 1.43. The van der Waals surface area contributed by atoms with Crippen LogP contribution < -0.4 is 10.6 Å². The summed E-state index contributed by atoms with van der Waals surface area (Å²) in [7, 11) is 1.65. The summed E-state index contributed by atoms with van der Waals surface area (Å²) < 4.78 is 10.8. The largest absolute Gasteiger partial charge is 0.459 e. The second kappa shape index (κ2) is 5.97. The number of ether oxygens (including phenoxy) is 1. The van der Waals surface area contributed by atoms with E-state index in [9.17, 15) is 4.79 Å². The molecular formula is C14H17N3O3S.